The number of hydrogen-bond donors (Lipinski definition) is 2. The van der Waals surface area contributed by atoms with Crippen molar-refractivity contribution in [3.05, 3.63) is 35.7 Å². The Bertz CT molecular complexity index is 676. The molecule has 21 heavy (non-hydrogen) atoms. The van der Waals surface area contributed by atoms with Crippen LogP contribution in [0, 0.1) is 11.3 Å². The van der Waals surface area contributed by atoms with Gasteiger partial charge in [-0.1, -0.05) is 23.9 Å². The number of aliphatic carboxylic acids is 1. The molecule has 0 fully saturated rings. The van der Waals surface area contributed by atoms with Crippen LogP contribution in [0.4, 0.5) is 0 Å². The van der Waals surface area contributed by atoms with Gasteiger partial charge in [0, 0.05) is 5.69 Å². The van der Waals surface area contributed by atoms with Gasteiger partial charge >= 0.3 is 5.97 Å². The molecule has 0 aliphatic carbocycles. The Morgan fingerprint density at radius 2 is 2.05 bits per heavy atom. The first-order valence-electron chi connectivity index (χ1n) is 6.01. The summed E-state index contributed by atoms with van der Waals surface area (Å²) in [5.74, 6) is -0.767. The summed E-state index contributed by atoms with van der Waals surface area (Å²) in [5.41, 5.74) is 1.58. The van der Waals surface area contributed by atoms with E-state index >= 15 is 0 Å². The molecule has 0 amide bonds. The van der Waals surface area contributed by atoms with Crippen LogP contribution < -0.4 is 0 Å². The zero-order valence-electron chi connectivity index (χ0n) is 10.9. The van der Waals surface area contributed by atoms with Crippen LogP contribution in [0.25, 0.3) is 5.69 Å². The van der Waals surface area contributed by atoms with Crippen LogP contribution in [-0.4, -0.2) is 36.7 Å². The molecule has 0 saturated heterocycles. The van der Waals surface area contributed by atoms with Crippen LogP contribution in [0.15, 0.2) is 29.4 Å². The Morgan fingerprint density at radius 1 is 1.33 bits per heavy atom. The quantitative estimate of drug-likeness (QED) is 0.766. The SMILES string of the molecule is N#CCc1ccc(-n2c(CO)nnc2SCC(=O)O)cc1. The van der Waals surface area contributed by atoms with E-state index in [0.717, 1.165) is 17.3 Å². The number of aliphatic hydroxyl groups is 1. The minimum atomic E-state index is -0.954. The van der Waals surface area contributed by atoms with Gasteiger partial charge in [0.15, 0.2) is 11.0 Å². The molecule has 0 unspecified atom stereocenters. The molecule has 0 spiro atoms. The number of hydrogen-bond acceptors (Lipinski definition) is 6. The Kier molecular flexibility index (Phi) is 4.92. The molecule has 0 aliphatic rings. The zero-order valence-corrected chi connectivity index (χ0v) is 11.7. The minimum Gasteiger partial charge on any atom is -0.481 e. The van der Waals surface area contributed by atoms with E-state index in [-0.39, 0.29) is 12.4 Å². The van der Waals surface area contributed by atoms with E-state index in [1.54, 1.807) is 28.8 Å². The summed E-state index contributed by atoms with van der Waals surface area (Å²) in [6.07, 6.45) is 0.315. The van der Waals surface area contributed by atoms with Gasteiger partial charge in [-0.25, -0.2) is 0 Å². The topological polar surface area (TPSA) is 112 Å². The van der Waals surface area contributed by atoms with Crippen LogP contribution in [0.1, 0.15) is 11.4 Å². The second-order valence-electron chi connectivity index (χ2n) is 4.08. The maximum atomic E-state index is 10.7. The van der Waals surface area contributed by atoms with Crippen molar-refractivity contribution in [3.63, 3.8) is 0 Å². The van der Waals surface area contributed by atoms with Gasteiger partial charge in [-0.15, -0.1) is 10.2 Å². The average Bonchev–Trinajstić information content (AvgIpc) is 2.89. The van der Waals surface area contributed by atoms with Crippen molar-refractivity contribution in [2.45, 2.75) is 18.2 Å². The molecule has 0 atom stereocenters. The molecule has 8 heteroatoms. The van der Waals surface area contributed by atoms with E-state index in [1.165, 1.54) is 0 Å². The number of benzene rings is 1. The third kappa shape index (κ3) is 3.59. The molecule has 0 saturated carbocycles. The fourth-order valence-corrected chi connectivity index (χ4v) is 2.43. The molecule has 108 valence electrons. The molecule has 2 aromatic rings. The summed E-state index contributed by atoms with van der Waals surface area (Å²) in [4.78, 5) is 10.7. The van der Waals surface area contributed by atoms with Gasteiger partial charge in [-0.2, -0.15) is 5.26 Å². The van der Waals surface area contributed by atoms with Gasteiger partial charge in [0.1, 0.15) is 6.61 Å². The van der Waals surface area contributed by atoms with Gasteiger partial charge < -0.3 is 10.2 Å². The molecule has 1 aromatic carbocycles. The molecule has 1 aromatic heterocycles. The van der Waals surface area contributed by atoms with Gasteiger partial charge in [0.05, 0.1) is 18.2 Å². The first kappa shape index (κ1) is 15.0. The number of carboxylic acids is 1. The number of thioether (sulfide) groups is 1. The van der Waals surface area contributed by atoms with Gasteiger partial charge in [-0.05, 0) is 17.7 Å². The fourth-order valence-electron chi connectivity index (χ4n) is 1.74. The molecule has 2 N–H and O–H groups in total. The third-order valence-electron chi connectivity index (χ3n) is 2.64. The molecular weight excluding hydrogens is 292 g/mol. The second-order valence-corrected chi connectivity index (χ2v) is 5.02. The van der Waals surface area contributed by atoms with Crippen molar-refractivity contribution >= 4 is 17.7 Å². The van der Waals surface area contributed by atoms with Crippen molar-refractivity contribution in [1.82, 2.24) is 14.8 Å². The van der Waals surface area contributed by atoms with Crippen LogP contribution >= 0.6 is 11.8 Å². The third-order valence-corrected chi connectivity index (χ3v) is 3.56. The lowest BCUT2D eigenvalue weighted by Gasteiger charge is -2.09. The maximum Gasteiger partial charge on any atom is 0.313 e. The van der Waals surface area contributed by atoms with E-state index in [4.69, 9.17) is 10.4 Å². The predicted molar refractivity (Wildman–Crippen MR) is 75.0 cm³/mol. The van der Waals surface area contributed by atoms with Crippen molar-refractivity contribution in [3.8, 4) is 11.8 Å². The Balaban J connectivity index is 2.34. The number of aromatic nitrogens is 3. The van der Waals surface area contributed by atoms with E-state index in [1.807, 2.05) is 0 Å². The summed E-state index contributed by atoms with van der Waals surface area (Å²) in [7, 11) is 0. The number of aliphatic hydroxyl groups excluding tert-OH is 1. The zero-order chi connectivity index (χ0) is 15.2. The smallest absolute Gasteiger partial charge is 0.313 e. The summed E-state index contributed by atoms with van der Waals surface area (Å²) < 4.78 is 1.60. The van der Waals surface area contributed by atoms with Gasteiger partial charge in [0.2, 0.25) is 0 Å². The Morgan fingerprint density at radius 3 is 2.62 bits per heavy atom. The molecule has 0 bridgehead atoms. The lowest BCUT2D eigenvalue weighted by molar-refractivity contribution is -0.133. The van der Waals surface area contributed by atoms with Crippen LogP contribution in [0.3, 0.4) is 0 Å². The molecular formula is C13H12N4O3S. The van der Waals surface area contributed by atoms with Gasteiger partial charge in [0.25, 0.3) is 0 Å². The first-order chi connectivity index (χ1) is 10.2. The monoisotopic (exact) mass is 304 g/mol. The summed E-state index contributed by atoms with van der Waals surface area (Å²) in [5, 5.41) is 34.8. The molecule has 1 heterocycles. The number of nitrogens with zero attached hydrogens (tertiary/aromatic N) is 4. The highest BCUT2D eigenvalue weighted by molar-refractivity contribution is 7.99. The van der Waals surface area contributed by atoms with Crippen molar-refractivity contribution in [1.29, 1.82) is 5.26 Å². The maximum absolute atomic E-state index is 10.7. The minimum absolute atomic E-state index is 0.143. The first-order valence-corrected chi connectivity index (χ1v) is 7.00. The Hall–Kier alpha value is -2.37. The standard InChI is InChI=1S/C13H12N4O3S/c14-6-5-9-1-3-10(4-2-9)17-11(7-18)15-16-13(17)21-8-12(19)20/h1-4,18H,5,7-8H2,(H,19,20). The highest BCUT2D eigenvalue weighted by Crippen LogP contribution is 2.22. The van der Waals surface area contributed by atoms with E-state index < -0.39 is 5.97 Å². The molecule has 2 rings (SSSR count). The molecule has 0 aliphatic heterocycles. The van der Waals surface area contributed by atoms with Crippen molar-refractivity contribution < 1.29 is 15.0 Å². The van der Waals surface area contributed by atoms with Crippen LogP contribution in [-0.2, 0) is 17.8 Å². The fraction of sp³-hybridized carbons (Fsp3) is 0.231. The summed E-state index contributed by atoms with van der Waals surface area (Å²) in [6.45, 7) is -0.305. The lowest BCUT2D eigenvalue weighted by atomic mass is 10.1. The normalized spacial score (nSPS) is 10.3. The highest BCUT2D eigenvalue weighted by atomic mass is 32.2. The van der Waals surface area contributed by atoms with Gasteiger partial charge in [-0.3, -0.25) is 9.36 Å². The summed E-state index contributed by atoms with van der Waals surface area (Å²) in [6, 6.07) is 9.21. The van der Waals surface area contributed by atoms with Crippen molar-refractivity contribution in [2.75, 3.05) is 5.75 Å². The molecule has 7 nitrogen and oxygen atoms in total. The van der Waals surface area contributed by atoms with E-state index in [9.17, 15) is 9.90 Å². The van der Waals surface area contributed by atoms with E-state index in [0.29, 0.717) is 23.1 Å². The van der Waals surface area contributed by atoms with Crippen LogP contribution in [0.5, 0.6) is 0 Å². The number of carbonyl (C=O) groups is 1. The van der Waals surface area contributed by atoms with Crippen LogP contribution in [0.2, 0.25) is 0 Å². The van der Waals surface area contributed by atoms with E-state index in [2.05, 4.69) is 16.3 Å². The Labute approximate surface area is 124 Å². The number of rotatable bonds is 6. The number of nitriles is 1. The second kappa shape index (κ2) is 6.88. The average molecular weight is 304 g/mol. The van der Waals surface area contributed by atoms with Crippen molar-refractivity contribution in [2.24, 2.45) is 0 Å². The molecule has 0 radical (unpaired) electrons. The number of carboxylic acid groups (broad SMARTS) is 1. The predicted octanol–water partition coefficient (Wildman–Crippen LogP) is 1.00. The highest BCUT2D eigenvalue weighted by Gasteiger charge is 2.14. The summed E-state index contributed by atoms with van der Waals surface area (Å²) >= 11 is 1.03. The largest absolute Gasteiger partial charge is 0.481 e. The lowest BCUT2D eigenvalue weighted by Crippen LogP contribution is -2.05.